The molecule has 0 saturated carbocycles. The molecule has 49 heavy (non-hydrogen) atoms. The molecule has 1 aromatic heterocycles. The molecule has 0 amide bonds. The largest absolute Gasteiger partial charge is 0.228 e. The fourth-order valence-corrected chi connectivity index (χ4v) is 8.18. The van der Waals surface area contributed by atoms with Gasteiger partial charge in [0.25, 0.3) is 0 Å². The van der Waals surface area contributed by atoms with Gasteiger partial charge in [0.2, 0.25) is 0 Å². The van der Waals surface area contributed by atoms with Crippen LogP contribution in [-0.2, 0) is 5.41 Å². The third-order valence-corrected chi connectivity index (χ3v) is 10.3. The van der Waals surface area contributed by atoms with Gasteiger partial charge in [-0.3, -0.25) is 0 Å². The van der Waals surface area contributed by atoms with Gasteiger partial charge in [-0.05, 0) is 67.8 Å². The minimum Gasteiger partial charge on any atom is -0.228 e. The van der Waals surface area contributed by atoms with E-state index < -0.39 is 5.41 Å². The Balaban J connectivity index is 1.18. The Morgan fingerprint density at radius 2 is 0.694 bits per heavy atom. The molecule has 0 fully saturated rings. The molecule has 7 aromatic carbocycles. The maximum absolute atomic E-state index is 5.27. The van der Waals surface area contributed by atoms with Gasteiger partial charge in [-0.1, -0.05) is 170 Å². The zero-order valence-electron chi connectivity index (χ0n) is 26.7. The summed E-state index contributed by atoms with van der Waals surface area (Å²) >= 11 is 0. The van der Waals surface area contributed by atoms with Crippen molar-refractivity contribution in [3.05, 3.63) is 204 Å². The number of hydrogen-bond acceptors (Lipinski definition) is 2. The standard InChI is InChI=1S/C47H30N2/c1-3-13-31(14-4-1)32-23-25-34(26-24-32)46-48-44(33-15-5-2-6-16-33)30-45(49-46)35-27-28-39-38-19-9-12-22-42(38)47(43(39)29-35)40-20-10-7-17-36(40)37-18-8-11-21-41(37)47/h1-30H. The smallest absolute Gasteiger partial charge is 0.160 e. The molecule has 2 aliphatic rings. The lowest BCUT2D eigenvalue weighted by atomic mass is 9.70. The summed E-state index contributed by atoms with van der Waals surface area (Å²) in [7, 11) is 0. The van der Waals surface area contributed by atoms with E-state index in [0.717, 1.165) is 28.1 Å². The van der Waals surface area contributed by atoms with Crippen molar-refractivity contribution < 1.29 is 0 Å². The van der Waals surface area contributed by atoms with Gasteiger partial charge in [0.1, 0.15) is 0 Å². The van der Waals surface area contributed by atoms with Gasteiger partial charge in [0.15, 0.2) is 5.82 Å². The molecular weight excluding hydrogens is 593 g/mol. The number of rotatable bonds is 4. The van der Waals surface area contributed by atoms with Gasteiger partial charge in [0.05, 0.1) is 16.8 Å². The van der Waals surface area contributed by atoms with Crippen molar-refractivity contribution in [2.45, 2.75) is 5.41 Å². The van der Waals surface area contributed by atoms with E-state index in [2.05, 4.69) is 170 Å². The predicted molar refractivity (Wildman–Crippen MR) is 200 cm³/mol. The molecule has 0 aliphatic heterocycles. The lowest BCUT2D eigenvalue weighted by molar-refractivity contribution is 0.794. The maximum atomic E-state index is 5.27. The second-order valence-corrected chi connectivity index (χ2v) is 12.9. The van der Waals surface area contributed by atoms with Crippen LogP contribution in [0.5, 0.6) is 0 Å². The Hall–Kier alpha value is -6.38. The molecule has 0 atom stereocenters. The van der Waals surface area contributed by atoms with Crippen molar-refractivity contribution in [1.29, 1.82) is 0 Å². The summed E-state index contributed by atoms with van der Waals surface area (Å²) < 4.78 is 0. The summed E-state index contributed by atoms with van der Waals surface area (Å²) in [5.74, 6) is 0.714. The van der Waals surface area contributed by atoms with Crippen LogP contribution in [0.3, 0.4) is 0 Å². The van der Waals surface area contributed by atoms with Crippen molar-refractivity contribution in [3.63, 3.8) is 0 Å². The molecule has 2 nitrogen and oxygen atoms in total. The van der Waals surface area contributed by atoms with Crippen LogP contribution in [0.15, 0.2) is 182 Å². The summed E-state index contributed by atoms with van der Waals surface area (Å²) in [6.07, 6.45) is 0. The average Bonchev–Trinajstić information content (AvgIpc) is 3.66. The van der Waals surface area contributed by atoms with E-state index in [1.165, 1.54) is 55.6 Å². The Labute approximate surface area is 286 Å². The molecule has 8 aromatic rings. The minimum atomic E-state index is -0.402. The highest BCUT2D eigenvalue weighted by molar-refractivity contribution is 5.96. The summed E-state index contributed by atoms with van der Waals surface area (Å²) in [4.78, 5) is 10.4. The van der Waals surface area contributed by atoms with Gasteiger partial charge in [-0.25, -0.2) is 9.97 Å². The summed E-state index contributed by atoms with van der Waals surface area (Å²) in [5, 5.41) is 0. The molecule has 228 valence electrons. The number of hydrogen-bond donors (Lipinski definition) is 0. The zero-order valence-corrected chi connectivity index (χ0v) is 26.7. The first-order chi connectivity index (χ1) is 24.3. The Morgan fingerprint density at radius 3 is 1.27 bits per heavy atom. The second kappa shape index (κ2) is 10.8. The Morgan fingerprint density at radius 1 is 0.286 bits per heavy atom. The molecule has 0 saturated heterocycles. The van der Waals surface area contributed by atoms with E-state index in [9.17, 15) is 0 Å². The van der Waals surface area contributed by atoms with Gasteiger partial charge in [-0.2, -0.15) is 0 Å². The van der Waals surface area contributed by atoms with Gasteiger partial charge >= 0.3 is 0 Å². The molecule has 0 bridgehead atoms. The van der Waals surface area contributed by atoms with Crippen molar-refractivity contribution >= 4 is 0 Å². The van der Waals surface area contributed by atoms with Crippen LogP contribution >= 0.6 is 0 Å². The molecular formula is C47H30N2. The third-order valence-electron chi connectivity index (χ3n) is 10.3. The number of benzene rings is 7. The van der Waals surface area contributed by atoms with Gasteiger partial charge in [0, 0.05) is 16.7 Å². The van der Waals surface area contributed by atoms with Crippen molar-refractivity contribution in [1.82, 2.24) is 9.97 Å². The highest BCUT2D eigenvalue weighted by Crippen LogP contribution is 2.63. The molecule has 0 unspecified atom stereocenters. The van der Waals surface area contributed by atoms with E-state index in [-0.39, 0.29) is 0 Å². The fourth-order valence-electron chi connectivity index (χ4n) is 8.18. The molecule has 10 rings (SSSR count). The van der Waals surface area contributed by atoms with E-state index in [1.54, 1.807) is 0 Å². The topological polar surface area (TPSA) is 25.8 Å². The van der Waals surface area contributed by atoms with Crippen LogP contribution < -0.4 is 0 Å². The number of fused-ring (bicyclic) bond motifs is 10. The lowest BCUT2D eigenvalue weighted by Crippen LogP contribution is -2.25. The zero-order chi connectivity index (χ0) is 32.4. The predicted octanol–water partition coefficient (Wildman–Crippen LogP) is 11.5. The quantitative estimate of drug-likeness (QED) is 0.195. The molecule has 1 heterocycles. The first-order valence-electron chi connectivity index (χ1n) is 16.8. The van der Waals surface area contributed by atoms with Crippen molar-refractivity contribution in [3.8, 4) is 67.3 Å². The van der Waals surface area contributed by atoms with Crippen LogP contribution in [0.4, 0.5) is 0 Å². The van der Waals surface area contributed by atoms with E-state index in [4.69, 9.17) is 9.97 Å². The van der Waals surface area contributed by atoms with Crippen LogP contribution in [0.2, 0.25) is 0 Å². The SMILES string of the molecule is c1ccc(-c2ccc(-c3nc(-c4ccccc4)cc(-c4ccc5c(c4)C4(c6ccccc6-c6ccccc64)c4ccccc4-5)n3)cc2)cc1. The fraction of sp³-hybridized carbons (Fsp3) is 0.0213. The van der Waals surface area contributed by atoms with Gasteiger partial charge in [-0.15, -0.1) is 0 Å². The van der Waals surface area contributed by atoms with Crippen LogP contribution in [0.1, 0.15) is 22.3 Å². The van der Waals surface area contributed by atoms with Crippen LogP contribution in [-0.4, -0.2) is 9.97 Å². The first-order valence-corrected chi connectivity index (χ1v) is 16.8. The number of nitrogens with zero attached hydrogens (tertiary/aromatic N) is 2. The lowest BCUT2D eigenvalue weighted by Gasteiger charge is -2.30. The Kier molecular flexibility index (Phi) is 6.13. The van der Waals surface area contributed by atoms with Crippen molar-refractivity contribution in [2.24, 2.45) is 0 Å². The first kappa shape index (κ1) is 27.7. The summed E-state index contributed by atoms with van der Waals surface area (Å²) in [6.45, 7) is 0. The van der Waals surface area contributed by atoms with Gasteiger partial charge < -0.3 is 0 Å². The maximum Gasteiger partial charge on any atom is 0.160 e. The highest BCUT2D eigenvalue weighted by Gasteiger charge is 2.51. The average molecular weight is 623 g/mol. The molecule has 1 spiro atoms. The third kappa shape index (κ3) is 4.14. The molecule has 0 radical (unpaired) electrons. The highest BCUT2D eigenvalue weighted by atomic mass is 14.9. The minimum absolute atomic E-state index is 0.402. The monoisotopic (exact) mass is 622 g/mol. The number of aromatic nitrogens is 2. The summed E-state index contributed by atoms with van der Waals surface area (Å²) in [5.41, 5.74) is 17.4. The van der Waals surface area contributed by atoms with E-state index in [0.29, 0.717) is 5.82 Å². The van der Waals surface area contributed by atoms with E-state index in [1.807, 2.05) is 12.1 Å². The van der Waals surface area contributed by atoms with Crippen LogP contribution in [0.25, 0.3) is 67.3 Å². The molecule has 0 N–H and O–H groups in total. The molecule has 2 aliphatic carbocycles. The normalized spacial score (nSPS) is 13.1. The molecule has 2 heteroatoms. The van der Waals surface area contributed by atoms with Crippen molar-refractivity contribution in [2.75, 3.05) is 0 Å². The van der Waals surface area contributed by atoms with Crippen LogP contribution in [0, 0.1) is 0 Å². The second-order valence-electron chi connectivity index (χ2n) is 12.9. The van der Waals surface area contributed by atoms with E-state index >= 15 is 0 Å². The summed E-state index contributed by atoms with van der Waals surface area (Å²) in [6, 6.07) is 65.4. The Bertz CT molecular complexity index is 2470.